The molecule has 25 heavy (non-hydrogen) atoms. The van der Waals surface area contributed by atoms with Crippen LogP contribution in [0.1, 0.15) is 105 Å². The standard InChI is InChI=1S/C12H24O2.C8H19NO2/c1-2-3-4-5-6-7-8-9-10-11-12(13)14;1-4-5-6-9(7(2)10)8(3)11/h2-11H2,1H3,(H,13,14);7-8,10-11H,4-6H2,1-3H3. The van der Waals surface area contributed by atoms with Crippen molar-refractivity contribution in [3.05, 3.63) is 0 Å². The van der Waals surface area contributed by atoms with E-state index in [1.165, 1.54) is 44.9 Å². The molecule has 0 amide bonds. The Bertz CT molecular complexity index is 275. The van der Waals surface area contributed by atoms with E-state index in [0.717, 1.165) is 32.2 Å². The first kappa shape index (κ1) is 26.6. The average Bonchev–Trinajstić information content (AvgIpc) is 2.53. The Hall–Kier alpha value is -0.650. The lowest BCUT2D eigenvalue weighted by Gasteiger charge is -2.27. The Morgan fingerprint density at radius 1 is 0.760 bits per heavy atom. The lowest BCUT2D eigenvalue weighted by Crippen LogP contribution is -2.40. The molecule has 2 atom stereocenters. The monoisotopic (exact) mass is 361 g/mol. The fourth-order valence-corrected chi connectivity index (χ4v) is 2.61. The largest absolute Gasteiger partial charge is 0.481 e. The number of aliphatic hydroxyl groups is 2. The molecule has 0 saturated heterocycles. The van der Waals surface area contributed by atoms with Gasteiger partial charge in [-0.25, -0.2) is 0 Å². The molecule has 0 aliphatic carbocycles. The van der Waals surface area contributed by atoms with E-state index in [-0.39, 0.29) is 0 Å². The molecule has 5 heteroatoms. The van der Waals surface area contributed by atoms with Gasteiger partial charge in [0.1, 0.15) is 12.5 Å². The number of nitrogens with zero attached hydrogens (tertiary/aromatic N) is 1. The van der Waals surface area contributed by atoms with Gasteiger partial charge >= 0.3 is 5.97 Å². The number of aliphatic hydroxyl groups excluding tert-OH is 2. The molecule has 0 aliphatic rings. The third-order valence-electron chi connectivity index (χ3n) is 4.22. The zero-order valence-corrected chi connectivity index (χ0v) is 17.0. The van der Waals surface area contributed by atoms with E-state index in [0.29, 0.717) is 6.42 Å². The number of unbranched alkanes of at least 4 members (excludes halogenated alkanes) is 9. The topological polar surface area (TPSA) is 81.0 Å². The van der Waals surface area contributed by atoms with Crippen molar-refractivity contribution in [2.24, 2.45) is 0 Å². The molecule has 0 aromatic carbocycles. The van der Waals surface area contributed by atoms with Crippen LogP contribution in [0, 0.1) is 0 Å². The van der Waals surface area contributed by atoms with E-state index < -0.39 is 18.4 Å². The molecule has 0 radical (unpaired) electrons. The summed E-state index contributed by atoms with van der Waals surface area (Å²) in [7, 11) is 0. The van der Waals surface area contributed by atoms with Crippen molar-refractivity contribution in [2.75, 3.05) is 6.54 Å². The fraction of sp³-hybridized carbons (Fsp3) is 0.950. The SMILES string of the molecule is CCCCCCCCCCCC(=O)O.CCCCN(C(C)O)C(C)O. The first-order valence-corrected chi connectivity index (χ1v) is 10.2. The Morgan fingerprint density at radius 3 is 1.52 bits per heavy atom. The summed E-state index contributed by atoms with van der Waals surface area (Å²) >= 11 is 0. The van der Waals surface area contributed by atoms with Crippen molar-refractivity contribution < 1.29 is 20.1 Å². The molecule has 0 fully saturated rings. The summed E-state index contributed by atoms with van der Waals surface area (Å²) in [6.07, 6.45) is 12.5. The van der Waals surface area contributed by atoms with E-state index in [2.05, 4.69) is 13.8 Å². The first-order chi connectivity index (χ1) is 11.9. The van der Waals surface area contributed by atoms with Gasteiger partial charge in [-0.2, -0.15) is 0 Å². The summed E-state index contributed by atoms with van der Waals surface area (Å²) in [5, 5.41) is 26.8. The highest BCUT2D eigenvalue weighted by atomic mass is 16.4. The molecule has 0 rings (SSSR count). The minimum atomic E-state index is -0.659. The van der Waals surface area contributed by atoms with Crippen LogP contribution in [-0.4, -0.2) is 45.2 Å². The highest BCUT2D eigenvalue weighted by Crippen LogP contribution is 2.10. The molecule has 0 aromatic heterocycles. The maximum atomic E-state index is 10.2. The second kappa shape index (κ2) is 19.7. The smallest absolute Gasteiger partial charge is 0.303 e. The number of carboxylic acid groups (broad SMARTS) is 1. The molecule has 152 valence electrons. The number of carbonyl (C=O) groups is 1. The predicted molar refractivity (Wildman–Crippen MR) is 104 cm³/mol. The quantitative estimate of drug-likeness (QED) is 0.289. The predicted octanol–water partition coefficient (Wildman–Crippen LogP) is 4.76. The Balaban J connectivity index is 0. The minimum absolute atomic E-state index is 0.343. The van der Waals surface area contributed by atoms with Crippen molar-refractivity contribution >= 4 is 5.97 Å². The van der Waals surface area contributed by atoms with E-state index in [1.54, 1.807) is 18.7 Å². The van der Waals surface area contributed by atoms with Crippen molar-refractivity contribution in [2.45, 2.75) is 117 Å². The van der Waals surface area contributed by atoms with Crippen LogP contribution in [0.15, 0.2) is 0 Å². The molecule has 2 unspecified atom stereocenters. The van der Waals surface area contributed by atoms with E-state index >= 15 is 0 Å². The lowest BCUT2D eigenvalue weighted by molar-refractivity contribution is -0.137. The van der Waals surface area contributed by atoms with Crippen LogP contribution in [0.3, 0.4) is 0 Å². The molecule has 0 heterocycles. The van der Waals surface area contributed by atoms with Gasteiger partial charge < -0.3 is 15.3 Å². The second-order valence-corrected chi connectivity index (χ2v) is 6.83. The third-order valence-corrected chi connectivity index (χ3v) is 4.22. The molecule has 5 nitrogen and oxygen atoms in total. The molecule has 0 aromatic rings. The summed E-state index contributed by atoms with van der Waals surface area (Å²) in [5.74, 6) is -0.659. The number of rotatable bonds is 15. The van der Waals surface area contributed by atoms with Crippen LogP contribution in [0.25, 0.3) is 0 Å². The van der Waals surface area contributed by atoms with E-state index in [9.17, 15) is 15.0 Å². The highest BCUT2D eigenvalue weighted by molar-refractivity contribution is 5.66. The molecule has 0 bridgehead atoms. The fourth-order valence-electron chi connectivity index (χ4n) is 2.61. The summed E-state index contributed by atoms with van der Waals surface area (Å²) in [6, 6.07) is 0. The summed E-state index contributed by atoms with van der Waals surface area (Å²) in [6.45, 7) is 8.41. The van der Waals surface area contributed by atoms with Gasteiger partial charge in [-0.05, 0) is 26.7 Å². The van der Waals surface area contributed by atoms with Gasteiger partial charge in [0.05, 0.1) is 0 Å². The molecular formula is C20H43NO4. The van der Waals surface area contributed by atoms with Crippen LogP contribution in [0.5, 0.6) is 0 Å². The lowest BCUT2D eigenvalue weighted by atomic mass is 10.1. The van der Waals surface area contributed by atoms with Gasteiger partial charge in [0, 0.05) is 13.0 Å². The molecular weight excluding hydrogens is 318 g/mol. The van der Waals surface area contributed by atoms with Crippen LogP contribution < -0.4 is 0 Å². The summed E-state index contributed by atoms with van der Waals surface area (Å²) in [4.78, 5) is 11.9. The third kappa shape index (κ3) is 21.3. The van der Waals surface area contributed by atoms with Crippen molar-refractivity contribution in [1.82, 2.24) is 4.90 Å². The van der Waals surface area contributed by atoms with Crippen LogP contribution >= 0.6 is 0 Å². The van der Waals surface area contributed by atoms with Gasteiger partial charge in [0.25, 0.3) is 0 Å². The van der Waals surface area contributed by atoms with Gasteiger partial charge in [-0.1, -0.05) is 71.6 Å². The first-order valence-electron chi connectivity index (χ1n) is 10.2. The molecule has 3 N–H and O–H groups in total. The number of hydrogen-bond donors (Lipinski definition) is 3. The summed E-state index contributed by atoms with van der Waals surface area (Å²) < 4.78 is 0. The zero-order chi connectivity index (χ0) is 19.5. The number of hydrogen-bond acceptors (Lipinski definition) is 4. The van der Waals surface area contributed by atoms with E-state index in [4.69, 9.17) is 5.11 Å². The van der Waals surface area contributed by atoms with Gasteiger partial charge in [-0.3, -0.25) is 9.69 Å². The van der Waals surface area contributed by atoms with Crippen molar-refractivity contribution in [1.29, 1.82) is 0 Å². The second-order valence-electron chi connectivity index (χ2n) is 6.83. The van der Waals surface area contributed by atoms with Crippen LogP contribution in [0.4, 0.5) is 0 Å². The Morgan fingerprint density at radius 2 is 1.16 bits per heavy atom. The van der Waals surface area contributed by atoms with Gasteiger partial charge in [-0.15, -0.1) is 0 Å². The number of carboxylic acids is 1. The Kier molecular flexibility index (Phi) is 20.9. The molecule has 0 saturated carbocycles. The maximum absolute atomic E-state index is 10.2. The normalized spacial score (nSPS) is 13.2. The van der Waals surface area contributed by atoms with Gasteiger partial charge in [0.2, 0.25) is 0 Å². The van der Waals surface area contributed by atoms with Crippen molar-refractivity contribution in [3.63, 3.8) is 0 Å². The Labute approximate surface area is 155 Å². The number of aliphatic carboxylic acids is 1. The maximum Gasteiger partial charge on any atom is 0.303 e. The molecule has 0 spiro atoms. The highest BCUT2D eigenvalue weighted by Gasteiger charge is 2.14. The van der Waals surface area contributed by atoms with Crippen LogP contribution in [0.2, 0.25) is 0 Å². The van der Waals surface area contributed by atoms with Crippen LogP contribution in [-0.2, 0) is 4.79 Å². The average molecular weight is 362 g/mol. The minimum Gasteiger partial charge on any atom is -0.481 e. The van der Waals surface area contributed by atoms with Gasteiger partial charge in [0.15, 0.2) is 0 Å². The van der Waals surface area contributed by atoms with E-state index in [1.807, 2.05) is 0 Å². The zero-order valence-electron chi connectivity index (χ0n) is 17.0. The summed E-state index contributed by atoms with van der Waals surface area (Å²) in [5.41, 5.74) is 0. The molecule has 0 aliphatic heterocycles. The van der Waals surface area contributed by atoms with Crippen molar-refractivity contribution in [3.8, 4) is 0 Å².